The van der Waals surface area contributed by atoms with Crippen LogP contribution < -0.4 is 5.73 Å². The molecule has 0 aliphatic heterocycles. The first-order chi connectivity index (χ1) is 15.9. The molecule has 1 aromatic carbocycles. The third kappa shape index (κ3) is 7.50. The van der Waals surface area contributed by atoms with Gasteiger partial charge in [-0.25, -0.2) is 14.4 Å². The van der Waals surface area contributed by atoms with Crippen LogP contribution in [0.1, 0.15) is 30.7 Å². The molecule has 33 heavy (non-hydrogen) atoms. The Morgan fingerprint density at radius 1 is 1.15 bits per heavy atom. The van der Waals surface area contributed by atoms with Crippen LogP contribution in [-0.4, -0.2) is 55.7 Å². The molecule has 0 atom stereocenters. The van der Waals surface area contributed by atoms with Crippen molar-refractivity contribution in [2.24, 2.45) is 0 Å². The van der Waals surface area contributed by atoms with E-state index < -0.39 is 0 Å². The summed E-state index contributed by atoms with van der Waals surface area (Å²) in [6.07, 6.45) is 26.3. The number of hydrogen-bond donors (Lipinski definition) is 2. The lowest BCUT2D eigenvalue weighted by molar-refractivity contribution is -0.130. The van der Waals surface area contributed by atoms with E-state index in [2.05, 4.69) is 53.6 Å². The van der Waals surface area contributed by atoms with Gasteiger partial charge in [0.15, 0.2) is 11.5 Å². The first-order valence-electron chi connectivity index (χ1n) is 9.86. The lowest BCUT2D eigenvalue weighted by Gasteiger charge is -2.16. The van der Waals surface area contributed by atoms with Gasteiger partial charge in [-0.15, -0.1) is 43.6 Å². The molecule has 8 nitrogen and oxygen atoms in total. The van der Waals surface area contributed by atoms with E-state index in [-0.39, 0.29) is 30.7 Å². The second-order valence-corrected chi connectivity index (χ2v) is 6.60. The zero-order chi connectivity index (χ0) is 25.6. The summed E-state index contributed by atoms with van der Waals surface area (Å²) >= 11 is 0. The average Bonchev–Trinajstić information content (AvgIpc) is 3.27. The molecule has 3 rings (SSSR count). The predicted octanol–water partition coefficient (Wildman–Crippen LogP) is 2.22. The number of halogens is 1. The third-order valence-electron chi connectivity index (χ3n) is 4.50. The van der Waals surface area contributed by atoms with Crippen LogP contribution in [0.2, 0.25) is 0 Å². The Kier molecular flexibility index (Phi) is 12.9. The number of aliphatic hydroxyl groups is 1. The number of nitrogens with two attached hydrogens (primary N) is 1. The van der Waals surface area contributed by atoms with E-state index >= 15 is 0 Å². The number of amides is 1. The van der Waals surface area contributed by atoms with Gasteiger partial charge < -0.3 is 15.7 Å². The molecule has 0 unspecified atom stereocenters. The second-order valence-electron chi connectivity index (χ2n) is 6.60. The largest absolute Gasteiger partial charge is 0.396 e. The Labute approximate surface area is 194 Å². The van der Waals surface area contributed by atoms with Gasteiger partial charge in [-0.05, 0) is 37.5 Å². The summed E-state index contributed by atoms with van der Waals surface area (Å²) in [6.45, 7) is 2.24. The number of nitrogen functional groups attached to an aromatic ring is 1. The van der Waals surface area contributed by atoms with Crippen molar-refractivity contribution in [3.63, 3.8) is 0 Å². The first-order valence-corrected chi connectivity index (χ1v) is 9.86. The molecule has 0 aliphatic rings. The Hall–Kier alpha value is -4.13. The lowest BCUT2D eigenvalue weighted by Crippen LogP contribution is -2.28. The highest BCUT2D eigenvalue weighted by Crippen LogP contribution is 2.24. The van der Waals surface area contributed by atoms with E-state index in [9.17, 15) is 9.18 Å². The number of hydrogen-bond acceptors (Lipinski definition) is 6. The van der Waals surface area contributed by atoms with Gasteiger partial charge in [0.25, 0.3) is 0 Å². The Morgan fingerprint density at radius 3 is 2.39 bits per heavy atom. The first kappa shape index (κ1) is 28.9. The minimum atomic E-state index is -0.353. The predicted molar refractivity (Wildman–Crippen MR) is 129 cm³/mol. The Morgan fingerprint density at radius 2 is 1.79 bits per heavy atom. The highest BCUT2D eigenvalue weighted by atomic mass is 19.1. The third-order valence-corrected chi connectivity index (χ3v) is 4.50. The van der Waals surface area contributed by atoms with Gasteiger partial charge in [0, 0.05) is 31.8 Å². The molecular formula is C24H29FN6O2. The van der Waals surface area contributed by atoms with Crippen molar-refractivity contribution < 1.29 is 14.3 Å². The smallest absolute Gasteiger partial charge is 0.224 e. The molecule has 2 heterocycles. The van der Waals surface area contributed by atoms with Crippen molar-refractivity contribution in [2.75, 3.05) is 25.9 Å². The van der Waals surface area contributed by atoms with E-state index in [4.69, 9.17) is 10.8 Å². The molecule has 0 bridgehead atoms. The summed E-state index contributed by atoms with van der Waals surface area (Å²) in [4.78, 5) is 22.1. The number of rotatable bonds is 7. The van der Waals surface area contributed by atoms with Crippen molar-refractivity contribution in [3.05, 3.63) is 29.3 Å². The van der Waals surface area contributed by atoms with Crippen LogP contribution in [0.25, 0.3) is 16.6 Å². The van der Waals surface area contributed by atoms with Gasteiger partial charge >= 0.3 is 0 Å². The maximum Gasteiger partial charge on any atom is 0.224 e. The van der Waals surface area contributed by atoms with Gasteiger partial charge in [-0.1, -0.05) is 0 Å². The van der Waals surface area contributed by atoms with Crippen LogP contribution in [0.5, 0.6) is 0 Å². The zero-order valence-corrected chi connectivity index (χ0v) is 18.9. The van der Waals surface area contributed by atoms with Crippen LogP contribution in [0, 0.1) is 51.3 Å². The van der Waals surface area contributed by atoms with Crippen LogP contribution in [0.4, 0.5) is 10.3 Å². The summed E-state index contributed by atoms with van der Waals surface area (Å²) < 4.78 is 15.3. The fourth-order valence-corrected chi connectivity index (χ4v) is 3.05. The summed E-state index contributed by atoms with van der Waals surface area (Å²) in [5.41, 5.74) is 7.79. The fourth-order valence-electron chi connectivity index (χ4n) is 3.05. The number of terminal acetylenes is 3. The maximum atomic E-state index is 13.8. The number of carbonyl (C=O) groups is 1. The molecule has 0 radical (unpaired) electrons. The molecule has 0 aliphatic carbocycles. The summed E-state index contributed by atoms with van der Waals surface area (Å²) in [5, 5.41) is 13.8. The number of carbonyl (C=O) groups excluding carboxylic acids is 1. The minimum Gasteiger partial charge on any atom is -0.396 e. The van der Waals surface area contributed by atoms with E-state index in [1.165, 1.54) is 16.6 Å². The van der Waals surface area contributed by atoms with Crippen molar-refractivity contribution in [1.82, 2.24) is 24.5 Å². The normalized spacial score (nSPS) is 9.52. The molecule has 2 aromatic heterocycles. The van der Waals surface area contributed by atoms with E-state index in [1.54, 1.807) is 18.9 Å². The van der Waals surface area contributed by atoms with Gasteiger partial charge in [0.05, 0.1) is 12.1 Å². The molecule has 0 fully saturated rings. The maximum absolute atomic E-state index is 13.8. The number of aromatic nitrogens is 4. The molecule has 0 saturated carbocycles. The van der Waals surface area contributed by atoms with Gasteiger partial charge in [0.2, 0.25) is 11.9 Å². The summed E-state index contributed by atoms with van der Waals surface area (Å²) in [5.74, 6) is 0.377. The zero-order valence-electron chi connectivity index (χ0n) is 18.9. The number of aryl methyl sites for hydroxylation is 2. The lowest BCUT2D eigenvalue weighted by atomic mass is 10.1. The molecular weight excluding hydrogens is 423 g/mol. The highest BCUT2D eigenvalue weighted by Gasteiger charge is 2.14. The molecule has 9 heteroatoms. The van der Waals surface area contributed by atoms with Gasteiger partial charge in [-0.2, -0.15) is 4.52 Å². The van der Waals surface area contributed by atoms with E-state index in [1.807, 2.05) is 0 Å². The summed E-state index contributed by atoms with van der Waals surface area (Å²) in [6, 6.07) is 2.81. The quantitative estimate of drug-likeness (QED) is 0.420. The molecule has 174 valence electrons. The minimum absolute atomic E-state index is 0.0777. The van der Waals surface area contributed by atoms with Gasteiger partial charge in [0.1, 0.15) is 5.82 Å². The number of fused-ring (bicyclic) bond motifs is 3. The molecule has 1 amide bonds. The standard InChI is InChI=1S/C18H23FN6O2.3C2H2/c1-11-9-12(19)10-13-16(11)22-18(20)25-17(13)21-14(23-25)5-3-4-7-24(2)15(27)6-8-26;3*1-2/h9-10,26H,3-8H2,1-2H3,(H2,20,22);3*1-2H. The molecule has 3 aromatic rings. The van der Waals surface area contributed by atoms with E-state index in [0.717, 1.165) is 12.8 Å². The number of nitrogens with zero attached hydrogens (tertiary/aromatic N) is 5. The highest BCUT2D eigenvalue weighted by molar-refractivity contribution is 5.94. The van der Waals surface area contributed by atoms with Crippen LogP contribution in [0.15, 0.2) is 12.1 Å². The average molecular weight is 453 g/mol. The number of unbranched alkanes of at least 4 members (excludes halogenated alkanes) is 1. The Balaban J connectivity index is 0.00000158. The second kappa shape index (κ2) is 14.8. The van der Waals surface area contributed by atoms with Crippen LogP contribution in [0.3, 0.4) is 0 Å². The molecule has 3 N–H and O–H groups in total. The monoisotopic (exact) mass is 452 g/mol. The Bertz CT molecular complexity index is 1100. The summed E-state index contributed by atoms with van der Waals surface area (Å²) in [7, 11) is 1.72. The number of aliphatic hydroxyl groups excluding tert-OH is 1. The van der Waals surface area contributed by atoms with Crippen molar-refractivity contribution in [3.8, 4) is 38.5 Å². The molecule has 0 spiro atoms. The SMILES string of the molecule is C#C.C#C.C#C.Cc1cc(F)cc2c1nc(N)n1nc(CCCCN(C)C(=O)CCO)nc21. The van der Waals surface area contributed by atoms with Crippen LogP contribution in [-0.2, 0) is 11.2 Å². The topological polar surface area (TPSA) is 110 Å². The fraction of sp³-hybridized carbons (Fsp3) is 0.333. The van der Waals surface area contributed by atoms with Gasteiger partial charge in [-0.3, -0.25) is 4.79 Å². The van der Waals surface area contributed by atoms with Crippen molar-refractivity contribution in [1.29, 1.82) is 0 Å². The van der Waals surface area contributed by atoms with Crippen LogP contribution >= 0.6 is 0 Å². The number of anilines is 1. The molecule has 0 saturated heterocycles. The van der Waals surface area contributed by atoms with Crippen molar-refractivity contribution >= 4 is 28.4 Å². The number of benzene rings is 1. The van der Waals surface area contributed by atoms with E-state index in [0.29, 0.717) is 40.9 Å². The van der Waals surface area contributed by atoms with Crippen molar-refractivity contribution in [2.45, 2.75) is 32.6 Å².